The van der Waals surface area contributed by atoms with Gasteiger partial charge in [0, 0.05) is 27.2 Å². The molecule has 0 bridgehead atoms. The third-order valence-electron chi connectivity index (χ3n) is 3.87. The summed E-state index contributed by atoms with van der Waals surface area (Å²) in [6.07, 6.45) is 2.00. The van der Waals surface area contributed by atoms with Crippen LogP contribution in [0.25, 0.3) is 10.9 Å². The number of benzene rings is 2. The summed E-state index contributed by atoms with van der Waals surface area (Å²) >= 11 is 1.59. The van der Waals surface area contributed by atoms with Crippen LogP contribution in [0, 0.1) is 6.92 Å². The first-order valence-electron chi connectivity index (χ1n) is 7.62. The number of hydrogen-bond donors (Lipinski definition) is 1. The Morgan fingerprint density at radius 2 is 1.92 bits per heavy atom. The number of rotatable bonds is 5. The largest absolute Gasteiger partial charge is 0.496 e. The number of pyridine rings is 1. The van der Waals surface area contributed by atoms with Gasteiger partial charge in [0.25, 0.3) is 0 Å². The van der Waals surface area contributed by atoms with Gasteiger partial charge in [0.05, 0.1) is 7.11 Å². The van der Waals surface area contributed by atoms with E-state index in [2.05, 4.69) is 11.1 Å². The number of ether oxygens (including phenoxy) is 2. The number of nitrogens with two attached hydrogens (primary N) is 1. The molecule has 0 fully saturated rings. The highest BCUT2D eigenvalue weighted by Gasteiger charge is 2.14. The number of aryl methyl sites for hydroxylation is 1. The second-order valence-corrected chi connectivity index (χ2v) is 6.25. The third kappa shape index (κ3) is 3.12. The Bertz CT molecular complexity index is 881. The molecule has 1 heterocycles. The molecule has 2 N–H and O–H groups in total. The minimum absolute atomic E-state index is 0.374. The molecule has 124 valence electrons. The number of anilines is 1. The monoisotopic (exact) mass is 340 g/mol. The minimum atomic E-state index is 0.374. The molecule has 0 radical (unpaired) electrons. The van der Waals surface area contributed by atoms with Gasteiger partial charge in [-0.1, -0.05) is 18.2 Å². The van der Waals surface area contributed by atoms with Gasteiger partial charge in [0.15, 0.2) is 0 Å². The average Bonchev–Trinajstić information content (AvgIpc) is 2.60. The summed E-state index contributed by atoms with van der Waals surface area (Å²) in [6.45, 7) is 2.35. The van der Waals surface area contributed by atoms with E-state index < -0.39 is 0 Å². The summed E-state index contributed by atoms with van der Waals surface area (Å²) in [5.41, 5.74) is 9.60. The lowest BCUT2D eigenvalue weighted by atomic mass is 10.1. The number of fused-ring (bicyclic) bond motifs is 1. The van der Waals surface area contributed by atoms with E-state index in [1.165, 1.54) is 0 Å². The van der Waals surface area contributed by atoms with Gasteiger partial charge in [-0.2, -0.15) is 0 Å². The quantitative estimate of drug-likeness (QED) is 0.550. The lowest BCUT2D eigenvalue weighted by molar-refractivity contribution is 0.296. The average molecular weight is 340 g/mol. The molecule has 0 aliphatic heterocycles. The Kier molecular flexibility index (Phi) is 4.81. The summed E-state index contributed by atoms with van der Waals surface area (Å²) in [6, 6.07) is 13.7. The van der Waals surface area contributed by atoms with Gasteiger partial charge in [0.2, 0.25) is 0 Å². The van der Waals surface area contributed by atoms with Crippen molar-refractivity contribution in [2.24, 2.45) is 0 Å². The van der Waals surface area contributed by atoms with Crippen LogP contribution in [0.15, 0.2) is 47.4 Å². The number of nitrogen functional groups attached to an aromatic ring is 1. The van der Waals surface area contributed by atoms with Crippen LogP contribution < -0.4 is 15.2 Å². The number of aromatic nitrogens is 1. The maximum Gasteiger partial charge on any atom is 0.146 e. The van der Waals surface area contributed by atoms with E-state index in [9.17, 15) is 0 Å². The first-order chi connectivity index (χ1) is 11.6. The number of methoxy groups -OCH3 is 1. The van der Waals surface area contributed by atoms with Crippen LogP contribution in [0.4, 0.5) is 5.69 Å². The summed E-state index contributed by atoms with van der Waals surface area (Å²) in [5.74, 6) is 1.53. The molecule has 3 aromatic rings. The molecule has 2 aromatic carbocycles. The predicted molar refractivity (Wildman–Crippen MR) is 100.0 cm³/mol. The molecule has 5 heteroatoms. The van der Waals surface area contributed by atoms with Crippen molar-refractivity contribution in [2.45, 2.75) is 18.4 Å². The molecule has 24 heavy (non-hydrogen) atoms. The molecule has 3 rings (SSSR count). The molecule has 0 unspecified atom stereocenters. The van der Waals surface area contributed by atoms with Gasteiger partial charge in [0.1, 0.15) is 23.6 Å². The fraction of sp³-hybridized carbons (Fsp3) is 0.211. The van der Waals surface area contributed by atoms with Crippen molar-refractivity contribution in [3.05, 3.63) is 53.7 Å². The van der Waals surface area contributed by atoms with Crippen molar-refractivity contribution in [3.8, 4) is 11.5 Å². The van der Waals surface area contributed by atoms with E-state index in [4.69, 9.17) is 15.2 Å². The van der Waals surface area contributed by atoms with E-state index in [-0.39, 0.29) is 0 Å². The normalized spacial score (nSPS) is 10.8. The molecular formula is C19H20N2O2S. The standard InChI is InChI=1S/C19H20N2O2S/c1-12-7-8-13-5-4-6-17(18(13)21-12)23-11-14-16(22-2)10-9-15(20)19(14)24-3/h4-10H,11,20H2,1-3H3. The Hall–Kier alpha value is -2.40. The highest BCUT2D eigenvalue weighted by atomic mass is 32.2. The molecule has 4 nitrogen and oxygen atoms in total. The first-order valence-corrected chi connectivity index (χ1v) is 8.85. The SMILES string of the molecule is COc1ccc(N)c(SC)c1COc1cccc2ccc(C)nc12. The fourth-order valence-corrected chi connectivity index (χ4v) is 3.39. The van der Waals surface area contributed by atoms with Gasteiger partial charge >= 0.3 is 0 Å². The lowest BCUT2D eigenvalue weighted by Crippen LogP contribution is -2.04. The van der Waals surface area contributed by atoms with Crippen molar-refractivity contribution in [1.82, 2.24) is 4.98 Å². The summed E-state index contributed by atoms with van der Waals surface area (Å²) < 4.78 is 11.6. The van der Waals surface area contributed by atoms with E-state index >= 15 is 0 Å². The Balaban J connectivity index is 1.97. The van der Waals surface area contributed by atoms with Crippen molar-refractivity contribution in [2.75, 3.05) is 19.1 Å². The van der Waals surface area contributed by atoms with Gasteiger partial charge in [-0.15, -0.1) is 11.8 Å². The summed E-state index contributed by atoms with van der Waals surface area (Å²) in [5, 5.41) is 1.06. The Morgan fingerprint density at radius 3 is 2.67 bits per heavy atom. The van der Waals surface area contributed by atoms with E-state index in [1.54, 1.807) is 18.9 Å². The number of thioether (sulfide) groups is 1. The topological polar surface area (TPSA) is 57.4 Å². The van der Waals surface area contributed by atoms with Crippen LogP contribution in [-0.2, 0) is 6.61 Å². The first kappa shape index (κ1) is 16.5. The zero-order valence-corrected chi connectivity index (χ0v) is 14.8. The Labute approximate surface area is 146 Å². The molecule has 0 saturated heterocycles. The maximum atomic E-state index is 6.09. The number of para-hydroxylation sites is 1. The maximum absolute atomic E-state index is 6.09. The predicted octanol–water partition coefficient (Wildman–Crippen LogP) is 4.43. The van der Waals surface area contributed by atoms with Crippen molar-refractivity contribution < 1.29 is 9.47 Å². The molecular weight excluding hydrogens is 320 g/mol. The van der Waals surface area contributed by atoms with Gasteiger partial charge in [-0.05, 0) is 37.4 Å². The lowest BCUT2D eigenvalue weighted by Gasteiger charge is -2.16. The van der Waals surface area contributed by atoms with Gasteiger partial charge < -0.3 is 15.2 Å². The van der Waals surface area contributed by atoms with Crippen molar-refractivity contribution in [1.29, 1.82) is 0 Å². The molecule has 0 spiro atoms. The molecule has 0 saturated carbocycles. The molecule has 0 atom stereocenters. The highest BCUT2D eigenvalue weighted by molar-refractivity contribution is 7.98. The second kappa shape index (κ2) is 7.01. The molecule has 0 amide bonds. The van der Waals surface area contributed by atoms with Crippen LogP contribution in [0.1, 0.15) is 11.3 Å². The molecule has 1 aromatic heterocycles. The van der Waals surface area contributed by atoms with Crippen LogP contribution in [0.2, 0.25) is 0 Å². The minimum Gasteiger partial charge on any atom is -0.496 e. The third-order valence-corrected chi connectivity index (χ3v) is 4.76. The molecule has 0 aliphatic rings. The Morgan fingerprint density at radius 1 is 1.08 bits per heavy atom. The van der Waals surface area contributed by atoms with Crippen molar-refractivity contribution in [3.63, 3.8) is 0 Å². The van der Waals surface area contributed by atoms with Crippen LogP contribution >= 0.6 is 11.8 Å². The molecule has 0 aliphatic carbocycles. The highest BCUT2D eigenvalue weighted by Crippen LogP contribution is 2.35. The van der Waals surface area contributed by atoms with E-state index in [0.717, 1.165) is 44.2 Å². The summed E-state index contributed by atoms with van der Waals surface area (Å²) in [7, 11) is 1.65. The zero-order chi connectivity index (χ0) is 17.1. The van der Waals surface area contributed by atoms with Crippen molar-refractivity contribution >= 4 is 28.4 Å². The zero-order valence-electron chi connectivity index (χ0n) is 14.0. The number of hydrogen-bond acceptors (Lipinski definition) is 5. The summed E-state index contributed by atoms with van der Waals surface area (Å²) in [4.78, 5) is 5.59. The second-order valence-electron chi connectivity index (χ2n) is 5.44. The van der Waals surface area contributed by atoms with Crippen LogP contribution in [-0.4, -0.2) is 18.3 Å². The van der Waals surface area contributed by atoms with E-state index in [1.807, 2.05) is 49.6 Å². The van der Waals surface area contributed by atoms with Gasteiger partial charge in [-0.3, -0.25) is 0 Å². The number of nitrogens with zero attached hydrogens (tertiary/aromatic N) is 1. The fourth-order valence-electron chi connectivity index (χ4n) is 2.68. The van der Waals surface area contributed by atoms with Crippen LogP contribution in [0.5, 0.6) is 11.5 Å². The smallest absolute Gasteiger partial charge is 0.146 e. The van der Waals surface area contributed by atoms with Gasteiger partial charge in [-0.25, -0.2) is 4.98 Å². The van der Waals surface area contributed by atoms with Crippen LogP contribution in [0.3, 0.4) is 0 Å². The van der Waals surface area contributed by atoms with E-state index in [0.29, 0.717) is 6.61 Å².